The lowest BCUT2D eigenvalue weighted by Crippen LogP contribution is -2.45. The van der Waals surface area contributed by atoms with E-state index in [1.165, 1.54) is 4.90 Å². The van der Waals surface area contributed by atoms with Crippen molar-refractivity contribution in [2.45, 2.75) is 13.0 Å². The summed E-state index contributed by atoms with van der Waals surface area (Å²) in [6, 6.07) is 23.5. The minimum atomic E-state index is -0.847. The van der Waals surface area contributed by atoms with E-state index in [2.05, 4.69) is 0 Å². The van der Waals surface area contributed by atoms with Gasteiger partial charge in [-0.15, -0.1) is 0 Å². The number of aryl methyl sites for hydroxylation is 1. The average Bonchev–Trinajstić information content (AvgIpc) is 2.68. The Bertz CT molecular complexity index is 964. The zero-order valence-electron chi connectivity index (χ0n) is 14.3. The van der Waals surface area contributed by atoms with Crippen LogP contribution in [-0.2, 0) is 4.79 Å². The van der Waals surface area contributed by atoms with Gasteiger partial charge in [-0.2, -0.15) is 0 Å². The summed E-state index contributed by atoms with van der Waals surface area (Å²) in [5, 5.41) is 0. The van der Waals surface area contributed by atoms with Crippen molar-refractivity contribution in [2.75, 3.05) is 4.90 Å². The van der Waals surface area contributed by atoms with E-state index in [0.29, 0.717) is 22.6 Å². The summed E-state index contributed by atoms with van der Waals surface area (Å²) in [6.45, 7) is 1.95. The lowest BCUT2D eigenvalue weighted by Gasteiger charge is -2.33. The molecule has 0 aromatic heterocycles. The summed E-state index contributed by atoms with van der Waals surface area (Å²) in [7, 11) is 0. The molecule has 0 radical (unpaired) electrons. The van der Waals surface area contributed by atoms with Gasteiger partial charge in [-0.3, -0.25) is 9.59 Å². The maximum atomic E-state index is 13.2. The first-order valence-corrected chi connectivity index (χ1v) is 8.41. The summed E-state index contributed by atoms with van der Waals surface area (Å²) in [5.41, 5.74) is 2.70. The van der Waals surface area contributed by atoms with E-state index < -0.39 is 6.10 Å². The van der Waals surface area contributed by atoms with E-state index in [-0.39, 0.29) is 11.8 Å². The first-order valence-electron chi connectivity index (χ1n) is 8.41. The fraction of sp³-hybridized carbons (Fsp3) is 0.0909. The molecule has 0 fully saturated rings. The van der Waals surface area contributed by atoms with E-state index in [1.807, 2.05) is 55.5 Å². The number of imide groups is 1. The second-order valence-corrected chi connectivity index (χ2v) is 6.22. The van der Waals surface area contributed by atoms with Crippen molar-refractivity contribution in [3.05, 3.63) is 95.6 Å². The fourth-order valence-corrected chi connectivity index (χ4v) is 3.03. The Morgan fingerprint density at radius 2 is 1.54 bits per heavy atom. The highest BCUT2D eigenvalue weighted by Crippen LogP contribution is 2.39. The van der Waals surface area contributed by atoms with Crippen LogP contribution in [-0.4, -0.2) is 11.8 Å². The summed E-state index contributed by atoms with van der Waals surface area (Å²) in [4.78, 5) is 27.5. The van der Waals surface area contributed by atoms with Gasteiger partial charge in [0, 0.05) is 11.1 Å². The Morgan fingerprint density at radius 3 is 2.27 bits per heavy atom. The van der Waals surface area contributed by atoms with Gasteiger partial charge in [0.05, 0.1) is 5.69 Å². The van der Waals surface area contributed by atoms with Crippen molar-refractivity contribution in [1.82, 2.24) is 0 Å². The third-order valence-corrected chi connectivity index (χ3v) is 4.40. The minimum Gasteiger partial charge on any atom is -0.474 e. The standard InChI is InChI=1S/C22H17NO3/c1-15-11-13-17(14-12-15)21(24)23-18-9-5-6-10-19(18)26-20(22(23)25)16-7-3-2-4-8-16/h2-14,20H,1H3/t20-/m1/s1. The minimum absolute atomic E-state index is 0.355. The van der Waals surface area contributed by atoms with Crippen molar-refractivity contribution in [2.24, 2.45) is 0 Å². The van der Waals surface area contributed by atoms with Crippen molar-refractivity contribution in [1.29, 1.82) is 0 Å². The molecule has 1 atom stereocenters. The Balaban J connectivity index is 1.80. The summed E-state index contributed by atoms with van der Waals surface area (Å²) in [5.74, 6) is -0.228. The highest BCUT2D eigenvalue weighted by molar-refractivity contribution is 6.23. The second-order valence-electron chi connectivity index (χ2n) is 6.22. The molecule has 3 aromatic carbocycles. The molecule has 0 N–H and O–H groups in total. The van der Waals surface area contributed by atoms with E-state index in [0.717, 1.165) is 5.56 Å². The summed E-state index contributed by atoms with van der Waals surface area (Å²) >= 11 is 0. The molecule has 0 aliphatic carbocycles. The topological polar surface area (TPSA) is 46.6 Å². The van der Waals surface area contributed by atoms with Crippen LogP contribution >= 0.6 is 0 Å². The predicted octanol–water partition coefficient (Wildman–Crippen LogP) is 4.30. The zero-order valence-corrected chi connectivity index (χ0v) is 14.3. The zero-order chi connectivity index (χ0) is 18.1. The molecule has 3 aromatic rings. The number of hydrogen-bond donors (Lipinski definition) is 0. The lowest BCUT2D eigenvalue weighted by molar-refractivity contribution is -0.125. The molecule has 4 rings (SSSR count). The van der Waals surface area contributed by atoms with Crippen LogP contribution in [0.2, 0.25) is 0 Å². The molecule has 0 saturated carbocycles. The van der Waals surface area contributed by atoms with E-state index in [1.54, 1.807) is 30.3 Å². The number of hydrogen-bond acceptors (Lipinski definition) is 3. The van der Waals surface area contributed by atoms with Gasteiger partial charge in [0.15, 0.2) is 0 Å². The van der Waals surface area contributed by atoms with Gasteiger partial charge in [-0.25, -0.2) is 4.90 Å². The van der Waals surface area contributed by atoms with E-state index in [9.17, 15) is 9.59 Å². The number of amides is 2. The van der Waals surface area contributed by atoms with Crippen LogP contribution in [0.25, 0.3) is 0 Å². The number of rotatable bonds is 2. The Morgan fingerprint density at radius 1 is 0.885 bits per heavy atom. The molecule has 0 saturated heterocycles. The summed E-state index contributed by atoms with van der Waals surface area (Å²) < 4.78 is 5.92. The van der Waals surface area contributed by atoms with Gasteiger partial charge < -0.3 is 4.74 Å². The van der Waals surface area contributed by atoms with Crippen molar-refractivity contribution < 1.29 is 14.3 Å². The maximum absolute atomic E-state index is 13.2. The molecule has 2 amide bonds. The van der Waals surface area contributed by atoms with Gasteiger partial charge in [0.2, 0.25) is 6.10 Å². The number of nitrogens with zero attached hydrogens (tertiary/aromatic N) is 1. The molecule has 0 spiro atoms. The maximum Gasteiger partial charge on any atom is 0.279 e. The number of benzene rings is 3. The molecule has 1 aliphatic heterocycles. The van der Waals surface area contributed by atoms with E-state index in [4.69, 9.17) is 4.74 Å². The molecule has 26 heavy (non-hydrogen) atoms. The largest absolute Gasteiger partial charge is 0.474 e. The van der Waals surface area contributed by atoms with Gasteiger partial charge >= 0.3 is 0 Å². The molecule has 4 heteroatoms. The number of ether oxygens (including phenoxy) is 1. The van der Waals surface area contributed by atoms with Crippen LogP contribution in [0, 0.1) is 6.92 Å². The third-order valence-electron chi connectivity index (χ3n) is 4.40. The highest BCUT2D eigenvalue weighted by atomic mass is 16.5. The molecule has 0 unspecified atom stereocenters. The predicted molar refractivity (Wildman–Crippen MR) is 99.2 cm³/mol. The van der Waals surface area contributed by atoms with Crippen LogP contribution in [0.4, 0.5) is 5.69 Å². The van der Waals surface area contributed by atoms with Crippen molar-refractivity contribution in [3.8, 4) is 5.75 Å². The Labute approximate surface area is 151 Å². The number of carbonyl (C=O) groups is 2. The van der Waals surface area contributed by atoms with Gasteiger partial charge in [-0.05, 0) is 31.2 Å². The van der Waals surface area contributed by atoms with Gasteiger partial charge in [-0.1, -0.05) is 60.2 Å². The first kappa shape index (κ1) is 16.1. The smallest absolute Gasteiger partial charge is 0.279 e. The first-order chi connectivity index (χ1) is 12.6. The molecule has 0 bridgehead atoms. The van der Waals surface area contributed by atoms with Crippen molar-refractivity contribution in [3.63, 3.8) is 0 Å². The lowest BCUT2D eigenvalue weighted by atomic mass is 10.0. The quantitative estimate of drug-likeness (QED) is 0.652. The van der Waals surface area contributed by atoms with Crippen molar-refractivity contribution >= 4 is 17.5 Å². The fourth-order valence-electron chi connectivity index (χ4n) is 3.03. The van der Waals surface area contributed by atoms with Crippen LogP contribution < -0.4 is 9.64 Å². The molecule has 4 nitrogen and oxygen atoms in total. The highest BCUT2D eigenvalue weighted by Gasteiger charge is 2.39. The van der Waals surface area contributed by atoms with Crippen LogP contribution in [0.1, 0.15) is 27.6 Å². The number of fused-ring (bicyclic) bond motifs is 1. The Hall–Kier alpha value is -3.40. The van der Waals surface area contributed by atoms with Gasteiger partial charge in [0.25, 0.3) is 11.8 Å². The third kappa shape index (κ3) is 2.75. The van der Waals surface area contributed by atoms with E-state index >= 15 is 0 Å². The number of carbonyl (C=O) groups excluding carboxylic acids is 2. The molecule has 128 valence electrons. The summed E-state index contributed by atoms with van der Waals surface area (Å²) in [6.07, 6.45) is -0.847. The van der Waals surface area contributed by atoms with Crippen LogP contribution in [0.15, 0.2) is 78.9 Å². The average molecular weight is 343 g/mol. The SMILES string of the molecule is Cc1ccc(C(=O)N2C(=O)[C@@H](c3ccccc3)Oc3ccccc32)cc1. The molecule has 1 aliphatic rings. The molecular formula is C22H17NO3. The normalized spacial score (nSPS) is 16.0. The van der Waals surface area contributed by atoms with Gasteiger partial charge in [0.1, 0.15) is 5.75 Å². The monoisotopic (exact) mass is 343 g/mol. The van der Waals surface area contributed by atoms with Crippen LogP contribution in [0.3, 0.4) is 0 Å². The molecule has 1 heterocycles. The second kappa shape index (κ2) is 6.48. The number of para-hydroxylation sites is 2. The number of anilines is 1. The Kier molecular flexibility index (Phi) is 4.01. The molecular weight excluding hydrogens is 326 g/mol. The van der Waals surface area contributed by atoms with Crippen LogP contribution in [0.5, 0.6) is 5.75 Å².